The van der Waals surface area contributed by atoms with Crippen molar-refractivity contribution >= 4 is 17.9 Å². The molecule has 0 aliphatic carbocycles. The number of aromatic hydroxyl groups is 1. The summed E-state index contributed by atoms with van der Waals surface area (Å²) >= 11 is 0. The highest BCUT2D eigenvalue weighted by Crippen LogP contribution is 2.34. The Bertz CT molecular complexity index is 1300. The average molecular weight is 503 g/mol. The SMILES string of the molecule is C=CC(=O)Oc1ccc(C(=O)Oc2ccc(OC(=O)CCc3cc(C)c(O)c(C(C)(C)C)c3)cc2)cc1. The van der Waals surface area contributed by atoms with Gasteiger partial charge < -0.3 is 19.3 Å². The summed E-state index contributed by atoms with van der Waals surface area (Å²) in [5, 5.41) is 10.4. The van der Waals surface area contributed by atoms with Gasteiger partial charge in [-0.05, 0) is 84.0 Å². The number of benzene rings is 3. The predicted molar refractivity (Wildman–Crippen MR) is 139 cm³/mol. The molecular formula is C30H30O7. The molecule has 0 heterocycles. The predicted octanol–water partition coefficient (Wildman–Crippen LogP) is 5.85. The first kappa shape index (κ1) is 27.2. The monoisotopic (exact) mass is 502 g/mol. The summed E-state index contributed by atoms with van der Waals surface area (Å²) in [6.07, 6.45) is 1.69. The van der Waals surface area contributed by atoms with Crippen molar-refractivity contribution < 1.29 is 33.7 Å². The smallest absolute Gasteiger partial charge is 0.343 e. The van der Waals surface area contributed by atoms with E-state index in [4.69, 9.17) is 14.2 Å². The Morgan fingerprint density at radius 2 is 1.41 bits per heavy atom. The molecule has 1 N–H and O–H groups in total. The molecule has 0 amide bonds. The van der Waals surface area contributed by atoms with Gasteiger partial charge in [-0.3, -0.25) is 4.79 Å². The van der Waals surface area contributed by atoms with Gasteiger partial charge in [-0.25, -0.2) is 9.59 Å². The molecule has 7 nitrogen and oxygen atoms in total. The van der Waals surface area contributed by atoms with Crippen LogP contribution in [0.25, 0.3) is 0 Å². The molecule has 0 aromatic heterocycles. The third-order valence-corrected chi connectivity index (χ3v) is 5.53. The van der Waals surface area contributed by atoms with Crippen molar-refractivity contribution in [3.05, 3.63) is 95.6 Å². The maximum Gasteiger partial charge on any atom is 0.343 e. The van der Waals surface area contributed by atoms with Crippen LogP contribution < -0.4 is 14.2 Å². The number of phenolic OH excluding ortho intramolecular Hbond substituents is 1. The van der Waals surface area contributed by atoms with E-state index in [1.165, 1.54) is 36.4 Å². The summed E-state index contributed by atoms with van der Waals surface area (Å²) in [4.78, 5) is 36.0. The van der Waals surface area contributed by atoms with E-state index in [0.29, 0.717) is 12.2 Å². The molecule has 0 aliphatic rings. The van der Waals surface area contributed by atoms with Crippen molar-refractivity contribution in [2.45, 2.75) is 46.0 Å². The topological polar surface area (TPSA) is 99.1 Å². The normalized spacial score (nSPS) is 10.9. The summed E-state index contributed by atoms with van der Waals surface area (Å²) in [6, 6.07) is 15.9. The van der Waals surface area contributed by atoms with Crippen LogP contribution in [-0.2, 0) is 21.4 Å². The van der Waals surface area contributed by atoms with Crippen molar-refractivity contribution in [3.63, 3.8) is 0 Å². The second kappa shape index (κ2) is 11.6. The van der Waals surface area contributed by atoms with E-state index >= 15 is 0 Å². The Morgan fingerprint density at radius 1 is 0.865 bits per heavy atom. The van der Waals surface area contributed by atoms with Gasteiger partial charge in [-0.1, -0.05) is 39.5 Å². The molecule has 0 radical (unpaired) electrons. The Balaban J connectivity index is 1.54. The quantitative estimate of drug-likeness (QED) is 0.234. The summed E-state index contributed by atoms with van der Waals surface area (Å²) < 4.78 is 15.7. The molecule has 37 heavy (non-hydrogen) atoms. The molecule has 0 saturated carbocycles. The van der Waals surface area contributed by atoms with Gasteiger partial charge >= 0.3 is 17.9 Å². The van der Waals surface area contributed by atoms with E-state index in [-0.39, 0.29) is 34.6 Å². The lowest BCUT2D eigenvalue weighted by Gasteiger charge is -2.22. The Hall–Kier alpha value is -4.39. The van der Waals surface area contributed by atoms with Gasteiger partial charge in [0.15, 0.2) is 0 Å². The fourth-order valence-electron chi connectivity index (χ4n) is 3.56. The molecule has 0 fully saturated rings. The highest BCUT2D eigenvalue weighted by atomic mass is 16.5. The van der Waals surface area contributed by atoms with Gasteiger partial charge in [0.1, 0.15) is 23.0 Å². The number of rotatable bonds is 8. The zero-order valence-corrected chi connectivity index (χ0v) is 21.4. The number of carbonyl (C=O) groups excluding carboxylic acids is 3. The number of carbonyl (C=O) groups is 3. The number of hydrogen-bond acceptors (Lipinski definition) is 7. The molecule has 7 heteroatoms. The molecule has 0 saturated heterocycles. The van der Waals surface area contributed by atoms with Crippen molar-refractivity contribution in [3.8, 4) is 23.0 Å². The fraction of sp³-hybridized carbons (Fsp3) is 0.233. The van der Waals surface area contributed by atoms with E-state index in [9.17, 15) is 19.5 Å². The average Bonchev–Trinajstić information content (AvgIpc) is 2.85. The van der Waals surface area contributed by atoms with Crippen molar-refractivity contribution in [2.24, 2.45) is 0 Å². The maximum atomic E-state index is 12.4. The molecule has 0 unspecified atom stereocenters. The van der Waals surface area contributed by atoms with Crippen LogP contribution in [0.15, 0.2) is 73.3 Å². The van der Waals surface area contributed by atoms with Crippen LogP contribution in [-0.4, -0.2) is 23.0 Å². The van der Waals surface area contributed by atoms with Crippen LogP contribution in [0.4, 0.5) is 0 Å². The minimum atomic E-state index is -0.596. The largest absolute Gasteiger partial charge is 0.507 e. The first-order chi connectivity index (χ1) is 17.5. The van der Waals surface area contributed by atoms with E-state index in [0.717, 1.165) is 22.8 Å². The summed E-state index contributed by atoms with van der Waals surface area (Å²) in [5.74, 6) is -0.415. The van der Waals surface area contributed by atoms with Crippen LogP contribution >= 0.6 is 0 Å². The minimum Gasteiger partial charge on any atom is -0.507 e. The van der Waals surface area contributed by atoms with E-state index in [1.807, 2.05) is 39.8 Å². The second-order valence-electron chi connectivity index (χ2n) is 9.54. The molecule has 3 rings (SSSR count). The first-order valence-electron chi connectivity index (χ1n) is 11.8. The number of ether oxygens (including phenoxy) is 3. The molecule has 0 spiro atoms. The van der Waals surface area contributed by atoms with Gasteiger partial charge in [0.05, 0.1) is 5.56 Å². The second-order valence-corrected chi connectivity index (χ2v) is 9.54. The highest BCUT2D eigenvalue weighted by molar-refractivity contribution is 5.91. The molecule has 3 aromatic rings. The van der Waals surface area contributed by atoms with Crippen LogP contribution in [0.3, 0.4) is 0 Å². The van der Waals surface area contributed by atoms with Gasteiger partial charge in [-0.15, -0.1) is 0 Å². The van der Waals surface area contributed by atoms with E-state index in [1.54, 1.807) is 12.1 Å². The summed E-state index contributed by atoms with van der Waals surface area (Å²) in [7, 11) is 0. The molecule has 0 bridgehead atoms. The molecule has 3 aromatic carbocycles. The zero-order chi connectivity index (χ0) is 27.2. The van der Waals surface area contributed by atoms with Crippen molar-refractivity contribution in [2.75, 3.05) is 0 Å². The molecule has 192 valence electrons. The van der Waals surface area contributed by atoms with Gasteiger partial charge in [0.2, 0.25) is 0 Å². The lowest BCUT2D eigenvalue weighted by Crippen LogP contribution is -2.13. The zero-order valence-electron chi connectivity index (χ0n) is 21.4. The Labute approximate surface area is 216 Å². The lowest BCUT2D eigenvalue weighted by molar-refractivity contribution is -0.134. The molecule has 0 aliphatic heterocycles. The third kappa shape index (κ3) is 7.54. The van der Waals surface area contributed by atoms with E-state index in [2.05, 4.69) is 6.58 Å². The minimum absolute atomic E-state index is 0.169. The van der Waals surface area contributed by atoms with E-state index < -0.39 is 17.9 Å². The van der Waals surface area contributed by atoms with Crippen LogP contribution in [0.2, 0.25) is 0 Å². The van der Waals surface area contributed by atoms with Gasteiger partial charge in [0, 0.05) is 12.5 Å². The number of aryl methyl sites for hydroxylation is 2. The maximum absolute atomic E-state index is 12.4. The third-order valence-electron chi connectivity index (χ3n) is 5.53. The van der Waals surface area contributed by atoms with Crippen molar-refractivity contribution in [1.82, 2.24) is 0 Å². The van der Waals surface area contributed by atoms with Crippen LogP contribution in [0, 0.1) is 6.92 Å². The van der Waals surface area contributed by atoms with Crippen LogP contribution in [0.1, 0.15) is 54.2 Å². The van der Waals surface area contributed by atoms with Crippen molar-refractivity contribution in [1.29, 1.82) is 0 Å². The summed E-state index contributed by atoms with van der Waals surface area (Å²) in [5.41, 5.74) is 2.61. The number of phenols is 1. The van der Waals surface area contributed by atoms with Gasteiger partial charge in [0.25, 0.3) is 0 Å². The number of hydrogen-bond donors (Lipinski definition) is 1. The van der Waals surface area contributed by atoms with Crippen LogP contribution in [0.5, 0.6) is 23.0 Å². The highest BCUT2D eigenvalue weighted by Gasteiger charge is 2.20. The molecular weight excluding hydrogens is 472 g/mol. The summed E-state index contributed by atoms with van der Waals surface area (Å²) in [6.45, 7) is 11.3. The van der Waals surface area contributed by atoms with Gasteiger partial charge in [-0.2, -0.15) is 0 Å². The Kier molecular flexibility index (Phi) is 8.50. The number of esters is 3. The fourth-order valence-corrected chi connectivity index (χ4v) is 3.56. The Morgan fingerprint density at radius 3 is 1.97 bits per heavy atom. The lowest BCUT2D eigenvalue weighted by atomic mass is 9.83. The molecule has 0 atom stereocenters. The first-order valence-corrected chi connectivity index (χ1v) is 11.8. The standard InChI is InChI=1S/C30H30O7/c1-6-26(31)35-22-10-8-21(9-11-22)29(34)37-24-14-12-23(13-15-24)36-27(32)16-7-20-17-19(2)28(33)25(18-20)30(3,4)5/h6,8-15,17-18,33H,1,7,16H2,2-5H3.